The summed E-state index contributed by atoms with van der Waals surface area (Å²) in [5.74, 6) is 0.159. The number of aliphatic hydroxyl groups is 1. The Morgan fingerprint density at radius 1 is 1.17 bits per heavy atom. The highest BCUT2D eigenvalue weighted by Gasteiger charge is 2.51. The minimum Gasteiger partial charge on any atom is -0.392 e. The Kier molecular flexibility index (Phi) is 5.42. The summed E-state index contributed by atoms with van der Waals surface area (Å²) in [6.45, 7) is 7.24. The van der Waals surface area contributed by atoms with Gasteiger partial charge < -0.3 is 19.6 Å². The van der Waals surface area contributed by atoms with Gasteiger partial charge in [-0.2, -0.15) is 0 Å². The third kappa shape index (κ3) is 3.57. The number of piperidine rings is 2. The highest BCUT2D eigenvalue weighted by atomic mass is 16.5. The number of amides is 2. The summed E-state index contributed by atoms with van der Waals surface area (Å²) in [6.07, 6.45) is 2.57. The van der Waals surface area contributed by atoms with Crippen LogP contribution >= 0.6 is 0 Å². The Hall–Kier alpha value is -1.92. The van der Waals surface area contributed by atoms with Crippen LogP contribution in [0.4, 0.5) is 0 Å². The second-order valence-corrected chi connectivity index (χ2v) is 9.29. The van der Waals surface area contributed by atoms with Crippen molar-refractivity contribution in [2.45, 2.75) is 45.6 Å². The third-order valence-corrected chi connectivity index (χ3v) is 7.05. The van der Waals surface area contributed by atoms with Crippen LogP contribution in [0.3, 0.4) is 0 Å². The first-order valence-electron chi connectivity index (χ1n) is 10.8. The highest BCUT2D eigenvalue weighted by Crippen LogP contribution is 2.41. The van der Waals surface area contributed by atoms with Crippen LogP contribution in [0, 0.1) is 10.8 Å². The number of ether oxygens (including phenoxy) is 1. The van der Waals surface area contributed by atoms with E-state index in [1.807, 2.05) is 41.0 Å². The summed E-state index contributed by atoms with van der Waals surface area (Å²) in [5, 5.41) is 10.9. The number of rotatable bonds is 3. The van der Waals surface area contributed by atoms with E-state index in [0.29, 0.717) is 45.8 Å². The molecule has 0 aromatic heterocycles. The summed E-state index contributed by atoms with van der Waals surface area (Å²) in [4.78, 5) is 30.1. The summed E-state index contributed by atoms with van der Waals surface area (Å²) in [5.41, 5.74) is 0.929. The fourth-order valence-corrected chi connectivity index (χ4v) is 5.18. The molecule has 6 nitrogen and oxygen atoms in total. The molecule has 158 valence electrons. The number of aliphatic hydroxyl groups excluding tert-OH is 1. The van der Waals surface area contributed by atoms with Crippen molar-refractivity contribution in [3.63, 3.8) is 0 Å². The van der Waals surface area contributed by atoms with Crippen LogP contribution in [0.1, 0.15) is 49.0 Å². The molecule has 2 atom stereocenters. The van der Waals surface area contributed by atoms with Crippen LogP contribution in [0.15, 0.2) is 24.3 Å². The van der Waals surface area contributed by atoms with Crippen molar-refractivity contribution in [1.82, 2.24) is 9.80 Å². The summed E-state index contributed by atoms with van der Waals surface area (Å²) in [7, 11) is 0. The highest BCUT2D eigenvalue weighted by molar-refractivity contribution is 5.95. The second kappa shape index (κ2) is 7.73. The van der Waals surface area contributed by atoms with Gasteiger partial charge in [-0.25, -0.2) is 0 Å². The molecule has 1 aromatic carbocycles. The van der Waals surface area contributed by atoms with Gasteiger partial charge in [-0.15, -0.1) is 0 Å². The van der Waals surface area contributed by atoms with Crippen molar-refractivity contribution in [2.24, 2.45) is 10.8 Å². The fraction of sp³-hybridized carbons (Fsp3) is 0.652. The monoisotopic (exact) mass is 400 g/mol. The van der Waals surface area contributed by atoms with E-state index in [2.05, 4.69) is 6.92 Å². The first kappa shape index (κ1) is 20.4. The Bertz CT molecular complexity index is 791. The third-order valence-electron chi connectivity index (χ3n) is 7.05. The zero-order chi connectivity index (χ0) is 20.6. The molecule has 29 heavy (non-hydrogen) atoms. The molecule has 1 spiro atoms. The van der Waals surface area contributed by atoms with Gasteiger partial charge in [-0.3, -0.25) is 9.59 Å². The largest absolute Gasteiger partial charge is 0.392 e. The number of likely N-dealkylation sites (tertiary alicyclic amines) is 2. The van der Waals surface area contributed by atoms with Gasteiger partial charge in [0.15, 0.2) is 0 Å². The molecule has 2 amide bonds. The van der Waals surface area contributed by atoms with E-state index in [-0.39, 0.29) is 11.8 Å². The molecule has 0 bridgehead atoms. The topological polar surface area (TPSA) is 70.1 Å². The van der Waals surface area contributed by atoms with Crippen molar-refractivity contribution < 1.29 is 19.4 Å². The van der Waals surface area contributed by atoms with Crippen LogP contribution in [0.5, 0.6) is 0 Å². The first-order chi connectivity index (χ1) is 13.9. The van der Waals surface area contributed by atoms with Gasteiger partial charge >= 0.3 is 0 Å². The molecule has 3 saturated heterocycles. The van der Waals surface area contributed by atoms with Gasteiger partial charge in [0.2, 0.25) is 5.91 Å². The molecule has 0 unspecified atom stereocenters. The number of hydrogen-bond donors (Lipinski definition) is 1. The zero-order valence-electron chi connectivity index (χ0n) is 17.5. The number of benzene rings is 1. The van der Waals surface area contributed by atoms with E-state index >= 15 is 0 Å². The standard InChI is InChI=1S/C23H32N2O4/c1-3-17-7-4-5-8-18(17)20(27)24-11-6-10-23(13-24)14-25(12-9-19(23)26)21(28)22(2)15-29-16-22/h4-5,7-8,19,26H,3,6,9-16H2,1-2H3/t19-,23+/m1/s1. The normalized spacial score (nSPS) is 28.9. The van der Waals surface area contributed by atoms with Gasteiger partial charge in [0.1, 0.15) is 0 Å². The number of carbonyl (C=O) groups excluding carboxylic acids is 2. The first-order valence-corrected chi connectivity index (χ1v) is 10.8. The molecule has 0 radical (unpaired) electrons. The Balaban J connectivity index is 1.53. The van der Waals surface area contributed by atoms with Gasteiger partial charge in [-0.05, 0) is 44.2 Å². The van der Waals surface area contributed by atoms with Crippen molar-refractivity contribution in [3.05, 3.63) is 35.4 Å². The molecule has 3 aliphatic rings. The van der Waals surface area contributed by atoms with Gasteiger partial charge in [-0.1, -0.05) is 25.1 Å². The maximum absolute atomic E-state index is 13.3. The molecular formula is C23H32N2O4. The van der Waals surface area contributed by atoms with Crippen molar-refractivity contribution in [2.75, 3.05) is 39.4 Å². The van der Waals surface area contributed by atoms with Gasteiger partial charge in [0.25, 0.3) is 5.91 Å². The molecule has 0 saturated carbocycles. The Morgan fingerprint density at radius 2 is 1.90 bits per heavy atom. The number of aryl methyl sites for hydroxylation is 1. The minimum atomic E-state index is -0.492. The van der Waals surface area contributed by atoms with Crippen LogP contribution in [0.25, 0.3) is 0 Å². The second-order valence-electron chi connectivity index (χ2n) is 9.29. The maximum atomic E-state index is 13.3. The maximum Gasteiger partial charge on any atom is 0.254 e. The molecular weight excluding hydrogens is 368 g/mol. The lowest BCUT2D eigenvalue weighted by molar-refractivity contribution is -0.176. The quantitative estimate of drug-likeness (QED) is 0.844. The van der Waals surface area contributed by atoms with Gasteiger partial charge in [0.05, 0.1) is 24.7 Å². The number of carbonyl (C=O) groups is 2. The molecule has 1 aromatic rings. The van der Waals surface area contributed by atoms with E-state index in [1.54, 1.807) is 0 Å². The van der Waals surface area contributed by atoms with E-state index in [4.69, 9.17) is 4.74 Å². The van der Waals surface area contributed by atoms with Crippen molar-refractivity contribution >= 4 is 11.8 Å². The molecule has 6 heteroatoms. The summed E-state index contributed by atoms with van der Waals surface area (Å²) < 4.78 is 5.28. The van der Waals surface area contributed by atoms with Crippen LogP contribution in [-0.2, 0) is 16.0 Å². The average Bonchev–Trinajstić information content (AvgIpc) is 2.73. The van der Waals surface area contributed by atoms with Crippen LogP contribution in [-0.4, -0.2) is 72.2 Å². The number of hydrogen-bond acceptors (Lipinski definition) is 4. The van der Waals surface area contributed by atoms with E-state index < -0.39 is 16.9 Å². The Morgan fingerprint density at radius 3 is 2.59 bits per heavy atom. The lowest BCUT2D eigenvalue weighted by Crippen LogP contribution is -2.63. The molecule has 3 heterocycles. The summed E-state index contributed by atoms with van der Waals surface area (Å²) in [6, 6.07) is 7.77. The van der Waals surface area contributed by atoms with E-state index in [9.17, 15) is 14.7 Å². The Labute approximate surface area is 172 Å². The lowest BCUT2D eigenvalue weighted by Gasteiger charge is -2.52. The van der Waals surface area contributed by atoms with Crippen molar-refractivity contribution in [3.8, 4) is 0 Å². The molecule has 3 fully saturated rings. The van der Waals surface area contributed by atoms with E-state index in [0.717, 1.165) is 30.4 Å². The molecule has 4 rings (SSSR count). The summed E-state index contributed by atoms with van der Waals surface area (Å²) >= 11 is 0. The fourth-order valence-electron chi connectivity index (χ4n) is 5.18. The predicted octanol–water partition coefficient (Wildman–Crippen LogP) is 2.10. The van der Waals surface area contributed by atoms with Crippen LogP contribution < -0.4 is 0 Å². The molecule has 1 N–H and O–H groups in total. The smallest absolute Gasteiger partial charge is 0.254 e. The average molecular weight is 401 g/mol. The molecule has 3 aliphatic heterocycles. The SMILES string of the molecule is CCc1ccccc1C(=O)N1CCC[C@]2(C1)CN(C(=O)C1(C)COC1)CC[C@H]2O. The minimum absolute atomic E-state index is 0.0385. The number of nitrogens with zero attached hydrogens (tertiary/aromatic N) is 2. The van der Waals surface area contributed by atoms with Gasteiger partial charge in [0, 0.05) is 37.2 Å². The lowest BCUT2D eigenvalue weighted by atomic mass is 9.70. The van der Waals surface area contributed by atoms with Crippen molar-refractivity contribution in [1.29, 1.82) is 0 Å². The predicted molar refractivity (Wildman–Crippen MR) is 110 cm³/mol. The van der Waals surface area contributed by atoms with Crippen LogP contribution in [0.2, 0.25) is 0 Å². The molecule has 0 aliphatic carbocycles. The van der Waals surface area contributed by atoms with E-state index in [1.165, 1.54) is 0 Å². The zero-order valence-corrected chi connectivity index (χ0v) is 17.5.